The lowest BCUT2D eigenvalue weighted by atomic mass is 10.1. The molecule has 1 N–H and O–H groups in total. The Kier molecular flexibility index (Phi) is 7.85. The molecule has 0 saturated carbocycles. The van der Waals surface area contributed by atoms with Crippen molar-refractivity contribution in [1.82, 2.24) is 10.2 Å². The number of carbonyl (C=O) groups excluding carboxylic acids is 1. The number of halogens is 1. The summed E-state index contributed by atoms with van der Waals surface area (Å²) in [6, 6.07) is 8.22. The summed E-state index contributed by atoms with van der Waals surface area (Å²) in [5.41, 5.74) is 1.16. The van der Waals surface area contributed by atoms with E-state index in [1.54, 1.807) is 0 Å². The molecule has 0 aliphatic heterocycles. The van der Waals surface area contributed by atoms with Crippen molar-refractivity contribution in [3.63, 3.8) is 0 Å². The molecule has 0 aliphatic rings. The summed E-state index contributed by atoms with van der Waals surface area (Å²) >= 11 is 3.58. The van der Waals surface area contributed by atoms with Crippen molar-refractivity contribution in [3.05, 3.63) is 34.3 Å². The van der Waals surface area contributed by atoms with Gasteiger partial charge in [-0.1, -0.05) is 48.0 Å². The highest BCUT2D eigenvalue weighted by molar-refractivity contribution is 9.10. The highest BCUT2D eigenvalue weighted by Crippen LogP contribution is 2.28. The Balaban J connectivity index is 2.79. The minimum Gasteiger partial charge on any atom is -0.336 e. The maximum atomic E-state index is 12.4. The van der Waals surface area contributed by atoms with E-state index in [4.69, 9.17) is 0 Å². The van der Waals surface area contributed by atoms with Gasteiger partial charge in [0, 0.05) is 24.0 Å². The maximum absolute atomic E-state index is 12.4. The topological polar surface area (TPSA) is 32.3 Å². The first-order valence-corrected chi connectivity index (χ1v) is 8.15. The summed E-state index contributed by atoms with van der Waals surface area (Å²) in [5, 5.41) is 3.21. The molecule has 1 aromatic carbocycles. The lowest BCUT2D eigenvalue weighted by Crippen LogP contribution is -2.36. The lowest BCUT2D eigenvalue weighted by molar-refractivity contribution is -0.133. The van der Waals surface area contributed by atoms with Crippen LogP contribution in [0.25, 0.3) is 0 Å². The highest BCUT2D eigenvalue weighted by atomic mass is 79.9. The Morgan fingerprint density at radius 1 is 1.35 bits per heavy atom. The molecule has 0 saturated heterocycles. The van der Waals surface area contributed by atoms with Crippen LogP contribution in [-0.4, -0.2) is 30.4 Å². The molecule has 1 atom stereocenters. The largest absolute Gasteiger partial charge is 0.336 e. The molecule has 0 bridgehead atoms. The third-order valence-electron chi connectivity index (χ3n) is 3.37. The van der Waals surface area contributed by atoms with Crippen molar-refractivity contribution >= 4 is 21.8 Å². The van der Waals surface area contributed by atoms with Crippen LogP contribution in [0.15, 0.2) is 28.7 Å². The molecule has 3 nitrogen and oxygen atoms in total. The van der Waals surface area contributed by atoms with Crippen LogP contribution in [0, 0.1) is 0 Å². The molecule has 0 fully saturated rings. The molecule has 1 unspecified atom stereocenters. The zero-order valence-electron chi connectivity index (χ0n) is 12.7. The predicted octanol–water partition coefficient (Wildman–Crippen LogP) is 3.75. The molecule has 1 aromatic rings. The van der Waals surface area contributed by atoms with E-state index in [1.807, 2.05) is 23.1 Å². The van der Waals surface area contributed by atoms with Gasteiger partial charge < -0.3 is 10.2 Å². The van der Waals surface area contributed by atoms with E-state index in [1.165, 1.54) is 0 Å². The fourth-order valence-corrected chi connectivity index (χ4v) is 2.89. The van der Waals surface area contributed by atoms with E-state index in [0.29, 0.717) is 6.42 Å². The Morgan fingerprint density at radius 2 is 2.05 bits per heavy atom. The molecule has 0 radical (unpaired) electrons. The van der Waals surface area contributed by atoms with Gasteiger partial charge >= 0.3 is 0 Å². The average Bonchev–Trinajstić information content (AvgIpc) is 2.44. The lowest BCUT2D eigenvalue weighted by Gasteiger charge is -2.30. The van der Waals surface area contributed by atoms with E-state index in [9.17, 15) is 4.79 Å². The first-order valence-electron chi connectivity index (χ1n) is 7.36. The number of amides is 1. The number of rotatable bonds is 8. The fraction of sp³-hybridized carbons (Fsp3) is 0.562. The van der Waals surface area contributed by atoms with Crippen LogP contribution in [0.3, 0.4) is 0 Å². The van der Waals surface area contributed by atoms with Crippen molar-refractivity contribution in [2.75, 3.05) is 19.6 Å². The summed E-state index contributed by atoms with van der Waals surface area (Å²) in [6.45, 7) is 8.71. The van der Waals surface area contributed by atoms with Crippen LogP contribution in [0.5, 0.6) is 0 Å². The van der Waals surface area contributed by atoms with E-state index >= 15 is 0 Å². The highest BCUT2D eigenvalue weighted by Gasteiger charge is 2.21. The third-order valence-corrected chi connectivity index (χ3v) is 4.10. The number of hydrogen-bond acceptors (Lipinski definition) is 2. The number of hydrogen-bond donors (Lipinski definition) is 1. The van der Waals surface area contributed by atoms with E-state index in [2.05, 4.69) is 48.1 Å². The van der Waals surface area contributed by atoms with Gasteiger partial charge in [0.15, 0.2) is 0 Å². The number of carbonyl (C=O) groups is 1. The molecule has 112 valence electrons. The Bertz CT molecular complexity index is 423. The minimum atomic E-state index is 0.0969. The molecule has 0 aromatic heterocycles. The second-order valence-electron chi connectivity index (χ2n) is 4.89. The van der Waals surface area contributed by atoms with Gasteiger partial charge in [-0.2, -0.15) is 0 Å². The van der Waals surface area contributed by atoms with Crippen molar-refractivity contribution in [3.8, 4) is 0 Å². The Morgan fingerprint density at radius 3 is 2.65 bits per heavy atom. The number of nitrogens with zero attached hydrogens (tertiary/aromatic N) is 1. The van der Waals surface area contributed by atoms with Gasteiger partial charge in [0.05, 0.1) is 6.04 Å². The Labute approximate surface area is 130 Å². The zero-order valence-corrected chi connectivity index (χ0v) is 14.2. The van der Waals surface area contributed by atoms with Crippen LogP contribution in [0.4, 0.5) is 0 Å². The predicted molar refractivity (Wildman–Crippen MR) is 87.7 cm³/mol. The van der Waals surface area contributed by atoms with Crippen LogP contribution < -0.4 is 5.32 Å². The van der Waals surface area contributed by atoms with Gasteiger partial charge in [0.25, 0.3) is 0 Å². The second-order valence-corrected chi connectivity index (χ2v) is 5.74. The molecular formula is C16H25BrN2O. The molecule has 0 heterocycles. The third kappa shape index (κ3) is 4.91. The van der Waals surface area contributed by atoms with Crippen molar-refractivity contribution in [2.24, 2.45) is 0 Å². The van der Waals surface area contributed by atoms with Gasteiger partial charge in [0.1, 0.15) is 0 Å². The summed E-state index contributed by atoms with van der Waals surface area (Å²) in [6.07, 6.45) is 1.53. The normalized spacial score (nSPS) is 12.2. The van der Waals surface area contributed by atoms with Crippen LogP contribution in [-0.2, 0) is 4.79 Å². The van der Waals surface area contributed by atoms with E-state index in [0.717, 1.165) is 36.1 Å². The zero-order chi connectivity index (χ0) is 15.0. The first kappa shape index (κ1) is 17.2. The minimum absolute atomic E-state index is 0.0969. The van der Waals surface area contributed by atoms with Gasteiger partial charge in [-0.15, -0.1) is 0 Å². The summed E-state index contributed by atoms with van der Waals surface area (Å²) in [4.78, 5) is 14.4. The average molecular weight is 341 g/mol. The summed E-state index contributed by atoms with van der Waals surface area (Å²) in [5.74, 6) is 0.219. The molecule has 1 rings (SSSR count). The van der Waals surface area contributed by atoms with Gasteiger partial charge in [0.2, 0.25) is 5.91 Å². The second kappa shape index (κ2) is 9.14. The molecule has 0 aliphatic carbocycles. The van der Waals surface area contributed by atoms with Crippen molar-refractivity contribution < 1.29 is 4.79 Å². The first-order chi connectivity index (χ1) is 9.61. The smallest absolute Gasteiger partial charge is 0.224 e. The standard InChI is InChI=1S/C16H25BrN2O/c1-4-12-19(16(20)10-11-18-5-2)13(3)14-8-6-7-9-15(14)17/h6-9,13,18H,4-5,10-12H2,1-3H3. The number of nitrogens with one attached hydrogen (secondary N) is 1. The SMILES string of the molecule is CCCN(C(=O)CCNCC)C(C)c1ccccc1Br. The van der Waals surface area contributed by atoms with Crippen LogP contribution in [0.1, 0.15) is 45.2 Å². The Hall–Kier alpha value is -0.870. The summed E-state index contributed by atoms with van der Waals surface area (Å²) < 4.78 is 1.06. The van der Waals surface area contributed by atoms with E-state index < -0.39 is 0 Å². The number of benzene rings is 1. The van der Waals surface area contributed by atoms with Gasteiger partial charge in [-0.05, 0) is 31.5 Å². The fourth-order valence-electron chi connectivity index (χ4n) is 2.27. The van der Waals surface area contributed by atoms with Gasteiger partial charge in [-0.3, -0.25) is 4.79 Å². The maximum Gasteiger partial charge on any atom is 0.224 e. The van der Waals surface area contributed by atoms with Gasteiger partial charge in [-0.25, -0.2) is 0 Å². The van der Waals surface area contributed by atoms with Crippen molar-refractivity contribution in [2.45, 2.75) is 39.7 Å². The summed E-state index contributed by atoms with van der Waals surface area (Å²) in [7, 11) is 0. The molecular weight excluding hydrogens is 316 g/mol. The quantitative estimate of drug-likeness (QED) is 0.731. The monoisotopic (exact) mass is 340 g/mol. The molecule has 1 amide bonds. The van der Waals surface area contributed by atoms with Crippen LogP contribution >= 0.6 is 15.9 Å². The van der Waals surface area contributed by atoms with E-state index in [-0.39, 0.29) is 11.9 Å². The molecule has 20 heavy (non-hydrogen) atoms. The molecule has 4 heteroatoms. The van der Waals surface area contributed by atoms with Crippen molar-refractivity contribution in [1.29, 1.82) is 0 Å². The van der Waals surface area contributed by atoms with Crippen LogP contribution in [0.2, 0.25) is 0 Å². The molecule has 0 spiro atoms.